The van der Waals surface area contributed by atoms with Gasteiger partial charge < -0.3 is 5.73 Å². The molecule has 0 aliphatic carbocycles. The summed E-state index contributed by atoms with van der Waals surface area (Å²) >= 11 is 13.1. The minimum atomic E-state index is -0.586. The normalized spacial score (nSPS) is 12.8. The first kappa shape index (κ1) is 11.9. The Bertz CT molecular complexity index is 499. The zero-order valence-electron chi connectivity index (χ0n) is 8.08. The van der Waals surface area contributed by atoms with E-state index in [9.17, 15) is 4.39 Å². The average molecular weight is 276 g/mol. The molecule has 0 saturated heterocycles. The van der Waals surface area contributed by atoms with E-state index < -0.39 is 11.9 Å². The molecule has 0 radical (unpaired) electrons. The van der Waals surface area contributed by atoms with Gasteiger partial charge in [-0.05, 0) is 34.5 Å². The number of nitrogens with two attached hydrogens (primary N) is 1. The zero-order chi connectivity index (χ0) is 11.7. The monoisotopic (exact) mass is 275 g/mol. The quantitative estimate of drug-likeness (QED) is 0.815. The first-order chi connectivity index (χ1) is 7.61. The van der Waals surface area contributed by atoms with Crippen LogP contribution in [0.1, 0.15) is 17.2 Å². The summed E-state index contributed by atoms with van der Waals surface area (Å²) in [4.78, 5) is 0. The van der Waals surface area contributed by atoms with Crippen LogP contribution in [0.15, 0.2) is 29.0 Å². The lowest BCUT2D eigenvalue weighted by Gasteiger charge is -2.14. The molecule has 0 unspecified atom stereocenters. The SMILES string of the molecule is N[C@@H](c1ccsc1)c1c(Cl)ccc(Cl)c1F. The van der Waals surface area contributed by atoms with Crippen LogP contribution < -0.4 is 5.73 Å². The molecule has 2 aromatic rings. The van der Waals surface area contributed by atoms with Gasteiger partial charge in [-0.25, -0.2) is 4.39 Å². The van der Waals surface area contributed by atoms with Gasteiger partial charge in [-0.2, -0.15) is 11.3 Å². The molecule has 0 aliphatic rings. The summed E-state index contributed by atoms with van der Waals surface area (Å²) in [6.45, 7) is 0. The van der Waals surface area contributed by atoms with E-state index in [0.717, 1.165) is 5.56 Å². The molecular weight excluding hydrogens is 268 g/mol. The molecule has 84 valence electrons. The number of rotatable bonds is 2. The Labute approximate surface area is 107 Å². The summed E-state index contributed by atoms with van der Waals surface area (Å²) in [6.07, 6.45) is 0. The molecule has 0 saturated carbocycles. The fourth-order valence-electron chi connectivity index (χ4n) is 1.45. The Morgan fingerprint density at radius 2 is 1.88 bits per heavy atom. The number of hydrogen-bond donors (Lipinski definition) is 1. The smallest absolute Gasteiger partial charge is 0.148 e. The van der Waals surface area contributed by atoms with Crippen LogP contribution in [0.2, 0.25) is 10.0 Å². The van der Waals surface area contributed by atoms with Crippen LogP contribution in [0.3, 0.4) is 0 Å². The predicted molar refractivity (Wildman–Crippen MR) is 66.8 cm³/mol. The largest absolute Gasteiger partial charge is 0.320 e. The van der Waals surface area contributed by atoms with E-state index in [-0.39, 0.29) is 10.6 Å². The molecule has 1 heterocycles. The van der Waals surface area contributed by atoms with Crippen molar-refractivity contribution in [3.63, 3.8) is 0 Å². The summed E-state index contributed by atoms with van der Waals surface area (Å²) < 4.78 is 13.8. The van der Waals surface area contributed by atoms with Crippen LogP contribution in [0.5, 0.6) is 0 Å². The molecule has 5 heteroatoms. The number of hydrogen-bond acceptors (Lipinski definition) is 2. The first-order valence-electron chi connectivity index (χ1n) is 4.52. The molecule has 0 aliphatic heterocycles. The van der Waals surface area contributed by atoms with Crippen LogP contribution in [0, 0.1) is 5.82 Å². The van der Waals surface area contributed by atoms with Crippen LogP contribution in [0.4, 0.5) is 4.39 Å². The van der Waals surface area contributed by atoms with Gasteiger partial charge in [0, 0.05) is 10.6 Å². The molecule has 2 N–H and O–H groups in total. The van der Waals surface area contributed by atoms with Crippen LogP contribution in [-0.2, 0) is 0 Å². The third-order valence-electron chi connectivity index (χ3n) is 2.29. The molecule has 1 aromatic carbocycles. The van der Waals surface area contributed by atoms with Crippen molar-refractivity contribution in [2.75, 3.05) is 0 Å². The lowest BCUT2D eigenvalue weighted by atomic mass is 10.0. The van der Waals surface area contributed by atoms with Gasteiger partial charge in [0.1, 0.15) is 5.82 Å². The van der Waals surface area contributed by atoms with Crippen molar-refractivity contribution in [3.8, 4) is 0 Å². The summed E-state index contributed by atoms with van der Waals surface area (Å²) in [5.74, 6) is -0.548. The van der Waals surface area contributed by atoms with Gasteiger partial charge in [0.05, 0.1) is 11.1 Å². The third kappa shape index (κ3) is 2.09. The molecule has 0 fully saturated rings. The van der Waals surface area contributed by atoms with Crippen LogP contribution in [0.25, 0.3) is 0 Å². The van der Waals surface area contributed by atoms with Gasteiger partial charge in [-0.3, -0.25) is 0 Å². The standard InChI is InChI=1S/C11H8Cl2FNS/c12-7-1-2-8(13)10(14)9(7)11(15)6-3-4-16-5-6/h1-5,11H,15H2/t11-/m0/s1. The number of halogens is 3. The van der Waals surface area contributed by atoms with Crippen molar-refractivity contribution in [1.82, 2.24) is 0 Å². The summed E-state index contributed by atoms with van der Waals surface area (Å²) in [6, 6.07) is 4.22. The van der Waals surface area contributed by atoms with Gasteiger partial charge in [-0.1, -0.05) is 23.2 Å². The molecule has 1 atom stereocenters. The predicted octanol–water partition coefficient (Wildman–Crippen LogP) is 4.24. The van der Waals surface area contributed by atoms with Gasteiger partial charge in [0.25, 0.3) is 0 Å². The minimum absolute atomic E-state index is 0.0325. The summed E-state index contributed by atoms with van der Waals surface area (Å²) in [7, 11) is 0. The maximum absolute atomic E-state index is 13.8. The molecule has 0 spiro atoms. The molecule has 0 bridgehead atoms. The van der Waals surface area contributed by atoms with E-state index in [4.69, 9.17) is 28.9 Å². The van der Waals surface area contributed by atoms with Crippen LogP contribution in [-0.4, -0.2) is 0 Å². The Morgan fingerprint density at radius 3 is 2.50 bits per heavy atom. The highest BCUT2D eigenvalue weighted by atomic mass is 35.5. The van der Waals surface area contributed by atoms with Gasteiger partial charge in [0.2, 0.25) is 0 Å². The van der Waals surface area contributed by atoms with Gasteiger partial charge in [-0.15, -0.1) is 0 Å². The lowest BCUT2D eigenvalue weighted by Crippen LogP contribution is -2.13. The number of thiophene rings is 1. The lowest BCUT2D eigenvalue weighted by molar-refractivity contribution is 0.600. The summed E-state index contributed by atoms with van der Waals surface area (Å²) in [5.41, 5.74) is 7.02. The average Bonchev–Trinajstić information content (AvgIpc) is 2.77. The second kappa shape index (κ2) is 4.72. The van der Waals surface area contributed by atoms with E-state index in [1.54, 1.807) is 6.07 Å². The Hall–Kier alpha value is -0.610. The molecule has 2 rings (SSSR count). The van der Waals surface area contributed by atoms with Crippen molar-refractivity contribution in [2.24, 2.45) is 5.73 Å². The van der Waals surface area contributed by atoms with E-state index in [1.165, 1.54) is 17.4 Å². The zero-order valence-corrected chi connectivity index (χ0v) is 10.4. The molecule has 0 amide bonds. The van der Waals surface area contributed by atoms with Crippen molar-refractivity contribution < 1.29 is 4.39 Å². The molecule has 16 heavy (non-hydrogen) atoms. The van der Waals surface area contributed by atoms with E-state index >= 15 is 0 Å². The fraction of sp³-hybridized carbons (Fsp3) is 0.0909. The maximum Gasteiger partial charge on any atom is 0.148 e. The first-order valence-corrected chi connectivity index (χ1v) is 6.22. The van der Waals surface area contributed by atoms with Crippen molar-refractivity contribution in [1.29, 1.82) is 0 Å². The van der Waals surface area contributed by atoms with Crippen molar-refractivity contribution in [3.05, 3.63) is 55.9 Å². The topological polar surface area (TPSA) is 26.0 Å². The third-order valence-corrected chi connectivity index (χ3v) is 3.62. The fourth-order valence-corrected chi connectivity index (χ4v) is 2.57. The Kier molecular flexibility index (Phi) is 3.50. The van der Waals surface area contributed by atoms with Crippen LogP contribution >= 0.6 is 34.5 Å². The second-order valence-corrected chi connectivity index (χ2v) is 4.89. The Morgan fingerprint density at radius 1 is 1.19 bits per heavy atom. The van der Waals surface area contributed by atoms with E-state index in [0.29, 0.717) is 5.02 Å². The number of benzene rings is 1. The molecule has 1 nitrogen and oxygen atoms in total. The Balaban J connectivity index is 2.52. The van der Waals surface area contributed by atoms with E-state index in [1.807, 2.05) is 16.8 Å². The molecular formula is C11H8Cl2FNS. The van der Waals surface area contributed by atoms with Crippen molar-refractivity contribution >= 4 is 34.5 Å². The van der Waals surface area contributed by atoms with Gasteiger partial charge >= 0.3 is 0 Å². The second-order valence-electron chi connectivity index (χ2n) is 3.29. The highest BCUT2D eigenvalue weighted by Gasteiger charge is 2.19. The molecule has 1 aromatic heterocycles. The van der Waals surface area contributed by atoms with E-state index in [2.05, 4.69) is 0 Å². The highest BCUT2D eigenvalue weighted by Crippen LogP contribution is 2.33. The summed E-state index contributed by atoms with van der Waals surface area (Å²) in [5, 5.41) is 4.07. The maximum atomic E-state index is 13.8. The minimum Gasteiger partial charge on any atom is -0.320 e. The highest BCUT2D eigenvalue weighted by molar-refractivity contribution is 7.08. The van der Waals surface area contributed by atoms with Gasteiger partial charge in [0.15, 0.2) is 0 Å². The van der Waals surface area contributed by atoms with Crippen molar-refractivity contribution in [2.45, 2.75) is 6.04 Å².